The first-order valence-corrected chi connectivity index (χ1v) is 8.90. The van der Waals surface area contributed by atoms with Gasteiger partial charge < -0.3 is 15.4 Å². The van der Waals surface area contributed by atoms with E-state index >= 15 is 0 Å². The monoisotopic (exact) mass is 380 g/mol. The molecule has 0 radical (unpaired) electrons. The molecule has 0 saturated carbocycles. The van der Waals surface area contributed by atoms with Crippen LogP contribution < -0.4 is 10.6 Å². The fourth-order valence-corrected chi connectivity index (χ4v) is 3.01. The molecule has 2 rings (SSSR count). The van der Waals surface area contributed by atoms with Gasteiger partial charge in [0.2, 0.25) is 0 Å². The highest BCUT2D eigenvalue weighted by atomic mass is 35.5. The first kappa shape index (κ1) is 19.6. The van der Waals surface area contributed by atoms with Crippen molar-refractivity contribution >= 4 is 29.2 Å². The molecule has 25 heavy (non-hydrogen) atoms. The lowest BCUT2D eigenvalue weighted by molar-refractivity contribution is 0.133. The van der Waals surface area contributed by atoms with Gasteiger partial charge in [-0.05, 0) is 42.7 Å². The Morgan fingerprint density at radius 3 is 2.56 bits per heavy atom. The van der Waals surface area contributed by atoms with E-state index in [-0.39, 0.29) is 12.1 Å². The minimum absolute atomic E-state index is 0.233. The van der Waals surface area contributed by atoms with Crippen molar-refractivity contribution in [2.75, 3.05) is 6.61 Å². The van der Waals surface area contributed by atoms with Crippen LogP contribution in [0, 0.1) is 0 Å². The van der Waals surface area contributed by atoms with Gasteiger partial charge in [-0.3, -0.25) is 0 Å². The second-order valence-electron chi connectivity index (χ2n) is 5.62. The number of rotatable bonds is 7. The van der Waals surface area contributed by atoms with Crippen molar-refractivity contribution in [3.05, 3.63) is 69.2 Å². The fraction of sp³-hybridized carbons (Fsp3) is 0.316. The Morgan fingerprint density at radius 1 is 1.16 bits per heavy atom. The second-order valence-corrected chi connectivity index (χ2v) is 6.46. The summed E-state index contributed by atoms with van der Waals surface area (Å²) < 4.78 is 5.46. The molecule has 1 atom stereocenters. The molecule has 0 aliphatic heterocycles. The van der Waals surface area contributed by atoms with E-state index < -0.39 is 0 Å². The van der Waals surface area contributed by atoms with Crippen molar-refractivity contribution < 1.29 is 9.53 Å². The van der Waals surface area contributed by atoms with Crippen LogP contribution in [0.2, 0.25) is 10.0 Å². The van der Waals surface area contributed by atoms with Crippen molar-refractivity contribution in [2.24, 2.45) is 0 Å². The Bertz CT molecular complexity index is 722. The van der Waals surface area contributed by atoms with Crippen LogP contribution >= 0.6 is 23.2 Å². The number of amides is 2. The molecule has 0 aliphatic rings. The van der Waals surface area contributed by atoms with Crippen molar-refractivity contribution in [1.82, 2.24) is 10.6 Å². The predicted octanol–water partition coefficient (Wildman–Crippen LogP) is 5.09. The Hall–Kier alpha value is -1.75. The number of hydrogen-bond acceptors (Lipinski definition) is 2. The van der Waals surface area contributed by atoms with Gasteiger partial charge in [-0.1, -0.05) is 53.5 Å². The zero-order chi connectivity index (χ0) is 18.2. The molecule has 2 aromatic rings. The lowest BCUT2D eigenvalue weighted by Crippen LogP contribution is -2.36. The third-order valence-electron chi connectivity index (χ3n) is 3.80. The van der Waals surface area contributed by atoms with Gasteiger partial charge in [-0.15, -0.1) is 0 Å². The molecule has 0 aliphatic carbocycles. The van der Waals surface area contributed by atoms with Crippen LogP contribution in [0.3, 0.4) is 0 Å². The highest BCUT2D eigenvalue weighted by molar-refractivity contribution is 6.35. The molecule has 0 spiro atoms. The zero-order valence-corrected chi connectivity index (χ0v) is 15.8. The smallest absolute Gasteiger partial charge is 0.315 e. The third-order valence-corrected chi connectivity index (χ3v) is 4.36. The maximum atomic E-state index is 12.2. The fourth-order valence-electron chi connectivity index (χ4n) is 2.44. The number of ether oxygens (including phenoxy) is 1. The molecular formula is C19H22Cl2N2O2. The summed E-state index contributed by atoms with van der Waals surface area (Å²) in [5.41, 5.74) is 2.92. The number of carbonyl (C=O) groups excluding carboxylic acids is 1. The van der Waals surface area contributed by atoms with Gasteiger partial charge >= 0.3 is 6.03 Å². The van der Waals surface area contributed by atoms with Crippen LogP contribution in [0.1, 0.15) is 36.6 Å². The zero-order valence-electron chi connectivity index (χ0n) is 14.3. The van der Waals surface area contributed by atoms with Crippen LogP contribution in [-0.4, -0.2) is 12.6 Å². The molecule has 4 nitrogen and oxygen atoms in total. The number of halogens is 2. The van der Waals surface area contributed by atoms with Crippen LogP contribution in [0.25, 0.3) is 0 Å². The van der Waals surface area contributed by atoms with Crippen molar-refractivity contribution in [1.29, 1.82) is 0 Å². The molecule has 0 fully saturated rings. The van der Waals surface area contributed by atoms with Gasteiger partial charge in [0, 0.05) is 23.2 Å². The lowest BCUT2D eigenvalue weighted by atomic mass is 10.1. The van der Waals surface area contributed by atoms with E-state index in [1.807, 2.05) is 44.2 Å². The molecule has 2 aromatic carbocycles. The van der Waals surface area contributed by atoms with Gasteiger partial charge in [-0.25, -0.2) is 4.79 Å². The van der Waals surface area contributed by atoms with E-state index in [2.05, 4.69) is 10.6 Å². The van der Waals surface area contributed by atoms with Crippen LogP contribution in [0.4, 0.5) is 4.79 Å². The largest absolute Gasteiger partial charge is 0.377 e. The maximum Gasteiger partial charge on any atom is 0.315 e. The van der Waals surface area contributed by atoms with E-state index in [0.717, 1.165) is 16.7 Å². The third kappa shape index (κ3) is 5.92. The number of benzene rings is 2. The molecule has 0 heterocycles. The second kappa shape index (κ2) is 9.66. The molecule has 1 unspecified atom stereocenters. The van der Waals surface area contributed by atoms with Crippen LogP contribution in [0.5, 0.6) is 0 Å². The summed E-state index contributed by atoms with van der Waals surface area (Å²) in [6, 6.07) is 12.6. The number of carbonyl (C=O) groups is 1. The first-order chi connectivity index (χ1) is 12.0. The summed E-state index contributed by atoms with van der Waals surface area (Å²) in [4.78, 5) is 12.2. The normalized spacial score (nSPS) is 11.8. The highest BCUT2D eigenvalue weighted by Gasteiger charge is 2.13. The number of urea groups is 1. The SMILES string of the molecule is CCOCc1ccccc1CNC(=O)NC(C)c1ccc(Cl)cc1Cl. The Labute approximate surface area is 158 Å². The van der Waals surface area contributed by atoms with E-state index in [1.54, 1.807) is 12.1 Å². The summed E-state index contributed by atoms with van der Waals surface area (Å²) in [6.45, 7) is 5.44. The van der Waals surface area contributed by atoms with Crippen LogP contribution in [-0.2, 0) is 17.9 Å². The van der Waals surface area contributed by atoms with Gasteiger partial charge in [0.1, 0.15) is 0 Å². The molecule has 0 aromatic heterocycles. The molecule has 2 amide bonds. The van der Waals surface area contributed by atoms with Gasteiger partial charge in [0.05, 0.1) is 12.6 Å². The summed E-state index contributed by atoms with van der Waals surface area (Å²) in [7, 11) is 0. The Balaban J connectivity index is 1.92. The Kier molecular flexibility index (Phi) is 7.56. The van der Waals surface area contributed by atoms with Crippen molar-refractivity contribution in [3.8, 4) is 0 Å². The van der Waals surface area contributed by atoms with Crippen molar-refractivity contribution in [3.63, 3.8) is 0 Å². The summed E-state index contributed by atoms with van der Waals surface area (Å²) in [6.07, 6.45) is 0. The molecule has 0 bridgehead atoms. The predicted molar refractivity (Wildman–Crippen MR) is 102 cm³/mol. The van der Waals surface area contributed by atoms with Gasteiger partial charge in [-0.2, -0.15) is 0 Å². The molecule has 2 N–H and O–H groups in total. The molecule has 6 heteroatoms. The van der Waals surface area contributed by atoms with Gasteiger partial charge in [0.25, 0.3) is 0 Å². The topological polar surface area (TPSA) is 50.4 Å². The quantitative estimate of drug-likeness (QED) is 0.702. The molecule has 134 valence electrons. The van der Waals surface area contributed by atoms with Crippen LogP contribution in [0.15, 0.2) is 42.5 Å². The first-order valence-electron chi connectivity index (χ1n) is 8.15. The average Bonchev–Trinajstić information content (AvgIpc) is 2.58. The van der Waals surface area contributed by atoms with Gasteiger partial charge in [0.15, 0.2) is 0 Å². The Morgan fingerprint density at radius 2 is 1.88 bits per heavy atom. The van der Waals surface area contributed by atoms with Crippen molar-refractivity contribution in [2.45, 2.75) is 33.0 Å². The minimum Gasteiger partial charge on any atom is -0.377 e. The summed E-state index contributed by atoms with van der Waals surface area (Å²) in [5, 5.41) is 6.85. The molecule has 0 saturated heterocycles. The van der Waals surface area contributed by atoms with E-state index in [1.165, 1.54) is 0 Å². The summed E-state index contributed by atoms with van der Waals surface area (Å²) in [5.74, 6) is 0. The standard InChI is InChI=1S/C19H22Cl2N2O2/c1-3-25-12-15-7-5-4-6-14(15)11-22-19(24)23-13(2)17-9-8-16(20)10-18(17)21/h4-10,13H,3,11-12H2,1-2H3,(H2,22,23,24). The number of nitrogens with one attached hydrogen (secondary N) is 2. The highest BCUT2D eigenvalue weighted by Crippen LogP contribution is 2.26. The van der Waals surface area contributed by atoms with E-state index in [9.17, 15) is 4.79 Å². The maximum absolute atomic E-state index is 12.2. The van der Waals surface area contributed by atoms with E-state index in [0.29, 0.717) is 29.8 Å². The average molecular weight is 381 g/mol. The minimum atomic E-state index is -0.260. The number of hydrogen-bond donors (Lipinski definition) is 2. The lowest BCUT2D eigenvalue weighted by Gasteiger charge is -2.17. The van der Waals surface area contributed by atoms with E-state index in [4.69, 9.17) is 27.9 Å². The summed E-state index contributed by atoms with van der Waals surface area (Å²) >= 11 is 12.1. The molecular weight excluding hydrogens is 359 g/mol.